The van der Waals surface area contributed by atoms with Crippen molar-refractivity contribution in [1.82, 2.24) is 10.3 Å². The lowest BCUT2D eigenvalue weighted by molar-refractivity contribution is -0.136. The minimum atomic E-state index is -0.881. The number of amides is 1. The van der Waals surface area contributed by atoms with Crippen LogP contribution in [0.1, 0.15) is 39.6 Å². The Morgan fingerprint density at radius 3 is 2.60 bits per heavy atom. The normalized spacial score (nSPS) is 10.8. The van der Waals surface area contributed by atoms with Gasteiger partial charge in [0, 0.05) is 24.9 Å². The molecule has 35 heavy (non-hydrogen) atoms. The van der Waals surface area contributed by atoms with Crippen molar-refractivity contribution in [1.29, 1.82) is 0 Å². The topological polar surface area (TPSA) is 115 Å². The third kappa shape index (κ3) is 6.38. The van der Waals surface area contributed by atoms with Gasteiger partial charge in [0.2, 0.25) is 5.89 Å². The van der Waals surface area contributed by atoms with Crippen LogP contribution in [0, 0.1) is 6.92 Å². The van der Waals surface area contributed by atoms with E-state index in [1.54, 1.807) is 18.2 Å². The molecule has 0 aliphatic carbocycles. The van der Waals surface area contributed by atoms with Gasteiger partial charge in [0.15, 0.2) is 5.76 Å². The molecule has 2 aromatic carbocycles. The van der Waals surface area contributed by atoms with Crippen molar-refractivity contribution in [3.05, 3.63) is 95.3 Å². The third-order valence-electron chi connectivity index (χ3n) is 5.49. The summed E-state index contributed by atoms with van der Waals surface area (Å²) in [5.74, 6) is 0.932. The molecule has 2 heterocycles. The molecule has 0 spiro atoms. The van der Waals surface area contributed by atoms with Crippen LogP contribution in [-0.4, -0.2) is 28.6 Å². The van der Waals surface area contributed by atoms with E-state index in [0.29, 0.717) is 31.1 Å². The van der Waals surface area contributed by atoms with Gasteiger partial charge in [-0.05, 0) is 60.9 Å². The van der Waals surface area contributed by atoms with E-state index in [9.17, 15) is 9.59 Å². The lowest BCUT2D eigenvalue weighted by Gasteiger charge is -2.13. The second kappa shape index (κ2) is 11.2. The number of ether oxygens (including phenoxy) is 1. The molecule has 0 radical (unpaired) electrons. The van der Waals surface area contributed by atoms with Gasteiger partial charge in [0.1, 0.15) is 11.5 Å². The Hall–Kier alpha value is -4.33. The molecule has 0 saturated heterocycles. The zero-order chi connectivity index (χ0) is 24.6. The summed E-state index contributed by atoms with van der Waals surface area (Å²) in [7, 11) is 0. The van der Waals surface area contributed by atoms with Gasteiger partial charge in [-0.3, -0.25) is 9.59 Å². The summed E-state index contributed by atoms with van der Waals surface area (Å²) in [5, 5.41) is 11.9. The fourth-order valence-corrected chi connectivity index (χ4v) is 3.64. The van der Waals surface area contributed by atoms with Gasteiger partial charge in [-0.2, -0.15) is 0 Å². The average Bonchev–Trinajstić information content (AvgIpc) is 3.53. The molecule has 1 amide bonds. The van der Waals surface area contributed by atoms with Crippen LogP contribution in [0.25, 0.3) is 11.5 Å². The van der Waals surface area contributed by atoms with Crippen molar-refractivity contribution >= 4 is 11.9 Å². The largest absolute Gasteiger partial charge is 0.493 e. The third-order valence-corrected chi connectivity index (χ3v) is 5.49. The van der Waals surface area contributed by atoms with Gasteiger partial charge in [0.25, 0.3) is 5.91 Å². The molecule has 0 aliphatic rings. The number of carboxylic acid groups (broad SMARTS) is 1. The number of carboxylic acids is 1. The molecule has 0 bridgehead atoms. The van der Waals surface area contributed by atoms with Crippen molar-refractivity contribution in [2.24, 2.45) is 0 Å². The molecule has 8 heteroatoms. The standard InChI is InChI=1S/C27H26N2O6/c1-18-23(29-27(35-18)20-6-3-2-4-7-20)13-15-33-22-11-9-19(10-12-25(30)31)21(16-22)17-28-26(32)24-8-5-14-34-24/h2-9,11,14,16H,10,12-13,15,17H2,1H3,(H,28,32)(H,30,31). The molecule has 180 valence electrons. The number of aromatic nitrogens is 1. The van der Waals surface area contributed by atoms with Crippen LogP contribution in [0.3, 0.4) is 0 Å². The highest BCUT2D eigenvalue weighted by Crippen LogP contribution is 2.23. The van der Waals surface area contributed by atoms with E-state index in [-0.39, 0.29) is 24.6 Å². The summed E-state index contributed by atoms with van der Waals surface area (Å²) in [6.07, 6.45) is 2.34. The van der Waals surface area contributed by atoms with Crippen LogP contribution in [0.2, 0.25) is 0 Å². The molecule has 2 aromatic heterocycles. The van der Waals surface area contributed by atoms with Gasteiger partial charge in [-0.1, -0.05) is 24.3 Å². The highest BCUT2D eigenvalue weighted by atomic mass is 16.5. The summed E-state index contributed by atoms with van der Waals surface area (Å²) in [4.78, 5) is 27.9. The van der Waals surface area contributed by atoms with E-state index in [1.165, 1.54) is 6.26 Å². The lowest BCUT2D eigenvalue weighted by Crippen LogP contribution is -2.23. The first-order valence-corrected chi connectivity index (χ1v) is 11.3. The van der Waals surface area contributed by atoms with Crippen LogP contribution < -0.4 is 10.1 Å². The van der Waals surface area contributed by atoms with Crippen molar-refractivity contribution in [3.8, 4) is 17.2 Å². The van der Waals surface area contributed by atoms with Crippen molar-refractivity contribution in [3.63, 3.8) is 0 Å². The van der Waals surface area contributed by atoms with Crippen molar-refractivity contribution in [2.45, 2.75) is 32.7 Å². The summed E-state index contributed by atoms with van der Waals surface area (Å²) in [6.45, 7) is 2.48. The van der Waals surface area contributed by atoms with Crippen LogP contribution in [-0.2, 0) is 24.2 Å². The number of benzene rings is 2. The molecule has 4 aromatic rings. The van der Waals surface area contributed by atoms with Crippen LogP contribution in [0.4, 0.5) is 0 Å². The number of furan rings is 1. The zero-order valence-electron chi connectivity index (χ0n) is 19.3. The van der Waals surface area contributed by atoms with Gasteiger partial charge in [-0.25, -0.2) is 4.98 Å². The minimum absolute atomic E-state index is 0.00544. The van der Waals surface area contributed by atoms with Gasteiger partial charge in [-0.15, -0.1) is 0 Å². The van der Waals surface area contributed by atoms with Gasteiger partial charge in [0.05, 0.1) is 18.6 Å². The zero-order valence-corrected chi connectivity index (χ0v) is 19.3. The Bertz CT molecular complexity index is 1280. The molecule has 2 N–H and O–H groups in total. The maximum atomic E-state index is 12.3. The second-order valence-electron chi connectivity index (χ2n) is 7.97. The SMILES string of the molecule is Cc1oc(-c2ccccc2)nc1CCOc1ccc(CCC(=O)O)c(CNC(=O)c2ccco2)c1. The maximum absolute atomic E-state index is 12.3. The quantitative estimate of drug-likeness (QED) is 0.320. The summed E-state index contributed by atoms with van der Waals surface area (Å²) in [6, 6.07) is 18.4. The van der Waals surface area contributed by atoms with Crippen LogP contribution in [0.5, 0.6) is 5.75 Å². The monoisotopic (exact) mass is 474 g/mol. The minimum Gasteiger partial charge on any atom is -0.493 e. The summed E-state index contributed by atoms with van der Waals surface area (Å²) in [5.41, 5.74) is 3.36. The smallest absolute Gasteiger partial charge is 0.303 e. The number of nitrogens with one attached hydrogen (secondary N) is 1. The molecule has 0 aliphatic heterocycles. The van der Waals surface area contributed by atoms with E-state index < -0.39 is 5.97 Å². The second-order valence-corrected chi connectivity index (χ2v) is 7.97. The number of aryl methyl sites for hydroxylation is 2. The van der Waals surface area contributed by atoms with Crippen molar-refractivity contribution < 1.29 is 28.3 Å². The maximum Gasteiger partial charge on any atom is 0.303 e. The first-order chi connectivity index (χ1) is 17.0. The number of carbonyl (C=O) groups is 2. The highest BCUT2D eigenvalue weighted by molar-refractivity contribution is 5.91. The number of aliphatic carboxylic acids is 1. The highest BCUT2D eigenvalue weighted by Gasteiger charge is 2.13. The lowest BCUT2D eigenvalue weighted by atomic mass is 10.0. The number of rotatable bonds is 11. The first-order valence-electron chi connectivity index (χ1n) is 11.3. The predicted octanol–water partition coefficient (Wildman–Crippen LogP) is 4.81. The number of nitrogens with zero attached hydrogens (tertiary/aromatic N) is 1. The molecule has 0 atom stereocenters. The summed E-state index contributed by atoms with van der Waals surface area (Å²) >= 11 is 0. The van der Waals surface area contributed by atoms with E-state index in [1.807, 2.05) is 49.4 Å². The van der Waals surface area contributed by atoms with E-state index in [0.717, 1.165) is 28.1 Å². The Morgan fingerprint density at radius 1 is 1.03 bits per heavy atom. The Labute approximate surface area is 202 Å². The molecule has 0 unspecified atom stereocenters. The first kappa shape index (κ1) is 23.8. The Balaban J connectivity index is 1.40. The number of oxazole rings is 1. The molecular formula is C27H26N2O6. The van der Waals surface area contributed by atoms with E-state index in [4.69, 9.17) is 18.7 Å². The summed E-state index contributed by atoms with van der Waals surface area (Å²) < 4.78 is 16.9. The number of hydrogen-bond acceptors (Lipinski definition) is 6. The van der Waals surface area contributed by atoms with Gasteiger partial charge >= 0.3 is 5.97 Å². The fraction of sp³-hybridized carbons (Fsp3) is 0.222. The molecule has 8 nitrogen and oxygen atoms in total. The molecular weight excluding hydrogens is 448 g/mol. The molecule has 4 rings (SSSR count). The van der Waals surface area contributed by atoms with E-state index in [2.05, 4.69) is 10.3 Å². The molecule has 0 fully saturated rings. The Morgan fingerprint density at radius 2 is 1.86 bits per heavy atom. The van der Waals surface area contributed by atoms with Gasteiger partial charge < -0.3 is 24.0 Å². The number of hydrogen-bond donors (Lipinski definition) is 2. The van der Waals surface area contributed by atoms with Crippen LogP contribution >= 0.6 is 0 Å². The number of carbonyl (C=O) groups excluding carboxylic acids is 1. The predicted molar refractivity (Wildman–Crippen MR) is 128 cm³/mol. The fourth-order valence-electron chi connectivity index (χ4n) is 3.64. The average molecular weight is 475 g/mol. The van der Waals surface area contributed by atoms with E-state index >= 15 is 0 Å². The molecule has 0 saturated carbocycles. The Kier molecular flexibility index (Phi) is 7.62. The van der Waals surface area contributed by atoms with Crippen molar-refractivity contribution in [2.75, 3.05) is 6.61 Å². The van der Waals surface area contributed by atoms with Crippen LogP contribution in [0.15, 0.2) is 75.8 Å².